The van der Waals surface area contributed by atoms with Gasteiger partial charge in [-0.25, -0.2) is 0 Å². The first-order chi connectivity index (χ1) is 15.4. The largest absolute Gasteiger partial charge is 0.508 e. The minimum absolute atomic E-state index is 0.108. The molecule has 32 heavy (non-hydrogen) atoms. The predicted octanol–water partition coefficient (Wildman–Crippen LogP) is 4.50. The predicted molar refractivity (Wildman–Crippen MR) is 127 cm³/mol. The molecule has 2 amide bonds. The summed E-state index contributed by atoms with van der Waals surface area (Å²) >= 11 is 6.04. The number of carbonyl (C=O) groups excluding carboxylic acids is 2. The van der Waals surface area contributed by atoms with Crippen molar-refractivity contribution in [2.45, 2.75) is 45.1 Å². The van der Waals surface area contributed by atoms with Crippen molar-refractivity contribution in [2.24, 2.45) is 0 Å². The number of phenolic OH excluding ortho intramolecular Hbond substituents is 1. The molecule has 0 heterocycles. The third kappa shape index (κ3) is 8.52. The van der Waals surface area contributed by atoms with Gasteiger partial charge in [-0.3, -0.25) is 9.59 Å². The number of carbonyl (C=O) groups is 2. The van der Waals surface area contributed by atoms with Crippen molar-refractivity contribution in [1.29, 1.82) is 0 Å². The van der Waals surface area contributed by atoms with E-state index in [0.29, 0.717) is 30.3 Å². The third-order valence-electron chi connectivity index (χ3n) is 5.18. The molecule has 0 saturated heterocycles. The van der Waals surface area contributed by atoms with Gasteiger partial charge in [0.25, 0.3) is 0 Å². The van der Waals surface area contributed by atoms with Crippen LogP contribution < -0.4 is 5.32 Å². The van der Waals surface area contributed by atoms with E-state index in [9.17, 15) is 14.7 Å². The maximum atomic E-state index is 13.6. The first kappa shape index (κ1) is 25.7. The fourth-order valence-electron chi connectivity index (χ4n) is 3.42. The van der Waals surface area contributed by atoms with Crippen LogP contribution in [0.3, 0.4) is 0 Å². The van der Waals surface area contributed by atoms with Crippen LogP contribution in [-0.2, 0) is 20.7 Å². The molecule has 0 bridgehead atoms. The topological polar surface area (TPSA) is 78.9 Å². The second kappa shape index (κ2) is 13.8. The summed E-state index contributed by atoms with van der Waals surface area (Å²) in [5.74, 6) is -0.268. The van der Waals surface area contributed by atoms with Crippen LogP contribution in [0.2, 0.25) is 5.02 Å². The molecule has 2 aromatic rings. The SMILES string of the molecule is CCCCCN(CCCOC)C(=O)[C@@H](NC(=O)Cc1ccc(O)cc1)c1ccc(Cl)cc1. The number of aromatic hydroxyl groups is 1. The number of unbranched alkanes of at least 4 members (excludes halogenated alkanes) is 2. The third-order valence-corrected chi connectivity index (χ3v) is 5.43. The Labute approximate surface area is 195 Å². The van der Waals surface area contributed by atoms with Gasteiger partial charge in [0.2, 0.25) is 11.8 Å². The number of benzene rings is 2. The van der Waals surface area contributed by atoms with E-state index in [-0.39, 0.29) is 24.0 Å². The summed E-state index contributed by atoms with van der Waals surface area (Å²) in [7, 11) is 1.64. The smallest absolute Gasteiger partial charge is 0.249 e. The van der Waals surface area contributed by atoms with Gasteiger partial charge in [-0.05, 0) is 48.2 Å². The Bertz CT molecular complexity index is 830. The molecule has 7 heteroatoms. The molecule has 2 rings (SSSR count). The summed E-state index contributed by atoms with van der Waals surface area (Å²) in [5.41, 5.74) is 1.44. The van der Waals surface area contributed by atoms with Crippen molar-refractivity contribution in [3.05, 3.63) is 64.7 Å². The van der Waals surface area contributed by atoms with Crippen molar-refractivity contribution in [1.82, 2.24) is 10.2 Å². The zero-order valence-corrected chi connectivity index (χ0v) is 19.6. The summed E-state index contributed by atoms with van der Waals surface area (Å²) in [4.78, 5) is 28.2. The molecule has 0 unspecified atom stereocenters. The Kier molecular flexibility index (Phi) is 11.0. The highest BCUT2D eigenvalue weighted by Gasteiger charge is 2.27. The van der Waals surface area contributed by atoms with Gasteiger partial charge in [0, 0.05) is 31.8 Å². The summed E-state index contributed by atoms with van der Waals surface area (Å²) in [5, 5.41) is 12.9. The molecule has 2 N–H and O–H groups in total. The van der Waals surface area contributed by atoms with Crippen molar-refractivity contribution in [3.63, 3.8) is 0 Å². The van der Waals surface area contributed by atoms with E-state index in [1.54, 1.807) is 43.5 Å². The number of nitrogens with one attached hydrogen (secondary N) is 1. The zero-order chi connectivity index (χ0) is 23.3. The molecule has 0 radical (unpaired) electrons. The summed E-state index contributed by atoms with van der Waals surface area (Å²) < 4.78 is 5.16. The van der Waals surface area contributed by atoms with Crippen LogP contribution in [0.25, 0.3) is 0 Å². The molecule has 6 nitrogen and oxygen atoms in total. The lowest BCUT2D eigenvalue weighted by Gasteiger charge is -2.28. The van der Waals surface area contributed by atoms with Crippen LogP contribution in [0, 0.1) is 0 Å². The Morgan fingerprint density at radius 3 is 2.31 bits per heavy atom. The standard InChI is InChI=1S/C25H33ClN2O4/c1-3-4-5-15-28(16-6-17-32-2)25(31)24(20-9-11-21(26)12-10-20)27-23(30)18-19-7-13-22(29)14-8-19/h7-14,24,29H,3-6,15-18H2,1-2H3,(H,27,30)/t24-/m0/s1. The van der Waals surface area contributed by atoms with Crippen LogP contribution in [-0.4, -0.2) is 48.6 Å². The number of ether oxygens (including phenoxy) is 1. The van der Waals surface area contributed by atoms with Gasteiger partial charge in [-0.1, -0.05) is 55.6 Å². The molecule has 2 aromatic carbocycles. The zero-order valence-electron chi connectivity index (χ0n) is 18.9. The first-order valence-electron chi connectivity index (χ1n) is 11.0. The van der Waals surface area contributed by atoms with Crippen LogP contribution in [0.4, 0.5) is 0 Å². The van der Waals surface area contributed by atoms with Gasteiger partial charge in [0.1, 0.15) is 11.8 Å². The molecular formula is C25H33ClN2O4. The van der Waals surface area contributed by atoms with Crippen LogP contribution in [0.1, 0.15) is 49.8 Å². The minimum atomic E-state index is -0.805. The molecular weight excluding hydrogens is 428 g/mol. The number of phenols is 1. The normalized spacial score (nSPS) is 11.7. The molecule has 0 saturated carbocycles. The number of methoxy groups -OCH3 is 1. The summed E-state index contributed by atoms with van der Waals surface area (Å²) in [6.07, 6.45) is 3.83. The number of amides is 2. The van der Waals surface area contributed by atoms with E-state index in [1.807, 2.05) is 4.90 Å². The maximum absolute atomic E-state index is 13.6. The van der Waals surface area contributed by atoms with Crippen molar-refractivity contribution in [3.8, 4) is 5.75 Å². The molecule has 0 aliphatic rings. The van der Waals surface area contributed by atoms with Crippen LogP contribution >= 0.6 is 11.6 Å². The fraction of sp³-hybridized carbons (Fsp3) is 0.440. The van der Waals surface area contributed by atoms with Gasteiger partial charge >= 0.3 is 0 Å². The van der Waals surface area contributed by atoms with E-state index in [4.69, 9.17) is 16.3 Å². The van der Waals surface area contributed by atoms with Gasteiger partial charge in [0.15, 0.2) is 0 Å². The first-order valence-corrected chi connectivity index (χ1v) is 11.4. The molecule has 0 fully saturated rings. The molecule has 1 atom stereocenters. The number of hydrogen-bond donors (Lipinski definition) is 2. The lowest BCUT2D eigenvalue weighted by Crippen LogP contribution is -2.44. The Morgan fingerprint density at radius 2 is 1.69 bits per heavy atom. The number of halogens is 1. The van der Waals surface area contributed by atoms with Gasteiger partial charge in [-0.2, -0.15) is 0 Å². The fourth-order valence-corrected chi connectivity index (χ4v) is 3.55. The summed E-state index contributed by atoms with van der Waals surface area (Å²) in [6, 6.07) is 12.6. The maximum Gasteiger partial charge on any atom is 0.249 e. The van der Waals surface area contributed by atoms with E-state index in [0.717, 1.165) is 31.2 Å². The average Bonchev–Trinajstić information content (AvgIpc) is 2.78. The van der Waals surface area contributed by atoms with Crippen molar-refractivity contribution in [2.75, 3.05) is 26.8 Å². The lowest BCUT2D eigenvalue weighted by atomic mass is 10.0. The lowest BCUT2D eigenvalue weighted by molar-refractivity contribution is -0.136. The Hall–Kier alpha value is -2.57. The molecule has 0 aromatic heterocycles. The van der Waals surface area contributed by atoms with E-state index >= 15 is 0 Å². The van der Waals surface area contributed by atoms with E-state index in [2.05, 4.69) is 12.2 Å². The highest BCUT2D eigenvalue weighted by atomic mass is 35.5. The molecule has 0 spiro atoms. The van der Waals surface area contributed by atoms with Crippen molar-refractivity contribution < 1.29 is 19.4 Å². The quantitative estimate of drug-likeness (QED) is 0.431. The van der Waals surface area contributed by atoms with Gasteiger partial charge in [-0.15, -0.1) is 0 Å². The second-order valence-electron chi connectivity index (χ2n) is 7.77. The number of rotatable bonds is 13. The van der Waals surface area contributed by atoms with Gasteiger partial charge < -0.3 is 20.1 Å². The Balaban J connectivity index is 2.20. The summed E-state index contributed by atoms with van der Waals surface area (Å²) in [6.45, 7) is 3.89. The number of hydrogen-bond acceptors (Lipinski definition) is 4. The number of nitrogens with zero attached hydrogens (tertiary/aromatic N) is 1. The Morgan fingerprint density at radius 1 is 1.03 bits per heavy atom. The van der Waals surface area contributed by atoms with E-state index < -0.39 is 6.04 Å². The molecule has 0 aliphatic carbocycles. The average molecular weight is 461 g/mol. The molecule has 0 aliphatic heterocycles. The van der Waals surface area contributed by atoms with Crippen LogP contribution in [0.5, 0.6) is 5.75 Å². The molecule has 174 valence electrons. The second-order valence-corrected chi connectivity index (χ2v) is 8.21. The van der Waals surface area contributed by atoms with Crippen LogP contribution in [0.15, 0.2) is 48.5 Å². The minimum Gasteiger partial charge on any atom is -0.508 e. The highest BCUT2D eigenvalue weighted by Crippen LogP contribution is 2.20. The van der Waals surface area contributed by atoms with Gasteiger partial charge in [0.05, 0.1) is 6.42 Å². The van der Waals surface area contributed by atoms with E-state index in [1.165, 1.54) is 12.1 Å². The van der Waals surface area contributed by atoms with Crippen molar-refractivity contribution >= 4 is 23.4 Å². The monoisotopic (exact) mass is 460 g/mol. The highest BCUT2D eigenvalue weighted by molar-refractivity contribution is 6.30.